The van der Waals surface area contributed by atoms with Crippen LogP contribution in [0.4, 0.5) is 0 Å². The number of rotatable bonds is 3. The molecule has 0 aromatic heterocycles. The van der Waals surface area contributed by atoms with E-state index in [0.29, 0.717) is 24.7 Å². The van der Waals surface area contributed by atoms with Gasteiger partial charge in [-0.1, -0.05) is 0 Å². The highest BCUT2D eigenvalue weighted by molar-refractivity contribution is 7.89. The van der Waals surface area contributed by atoms with Crippen molar-refractivity contribution in [1.29, 1.82) is 5.26 Å². The van der Waals surface area contributed by atoms with Crippen molar-refractivity contribution in [2.45, 2.75) is 17.4 Å². The Bertz CT molecular complexity index is 658. The molecule has 1 N–H and O–H groups in total. The molecule has 6 nitrogen and oxygen atoms in total. The van der Waals surface area contributed by atoms with E-state index in [2.05, 4.69) is 10.2 Å². The third-order valence-electron chi connectivity index (χ3n) is 4.45. The van der Waals surface area contributed by atoms with E-state index in [1.807, 2.05) is 6.07 Å². The number of nitrogens with one attached hydrogen (secondary N) is 1. The number of nitrogens with zero attached hydrogens (tertiary/aromatic N) is 3. The molecule has 23 heavy (non-hydrogen) atoms. The van der Waals surface area contributed by atoms with Crippen LogP contribution < -0.4 is 5.32 Å². The Hall–Kier alpha value is -1.17. The molecule has 1 unspecified atom stereocenters. The molecule has 2 fully saturated rings. The molecule has 1 aromatic carbocycles. The first-order valence-corrected chi connectivity index (χ1v) is 9.00. The van der Waals surface area contributed by atoms with E-state index in [4.69, 9.17) is 5.26 Å². The fourth-order valence-corrected chi connectivity index (χ4v) is 4.53. The SMILES string of the molecule is Cl.N#Cc1ccc(S(=O)(=O)N2CCN(C3CCNC3)CC2)cc1. The molecular weight excluding hydrogens is 336 g/mol. The van der Waals surface area contributed by atoms with Crippen LogP contribution in [0.3, 0.4) is 0 Å². The molecule has 1 atom stereocenters. The lowest BCUT2D eigenvalue weighted by Gasteiger charge is -2.37. The summed E-state index contributed by atoms with van der Waals surface area (Å²) in [6.07, 6.45) is 1.14. The fraction of sp³-hybridized carbons (Fsp3) is 0.533. The van der Waals surface area contributed by atoms with E-state index in [-0.39, 0.29) is 17.3 Å². The minimum absolute atomic E-state index is 0. The van der Waals surface area contributed by atoms with Gasteiger partial charge in [-0.05, 0) is 37.2 Å². The molecule has 2 aliphatic heterocycles. The van der Waals surface area contributed by atoms with Gasteiger partial charge in [0, 0.05) is 38.8 Å². The predicted molar refractivity (Wildman–Crippen MR) is 90.0 cm³/mol. The van der Waals surface area contributed by atoms with Crippen molar-refractivity contribution in [2.75, 3.05) is 39.3 Å². The topological polar surface area (TPSA) is 76.4 Å². The summed E-state index contributed by atoms with van der Waals surface area (Å²) in [5.41, 5.74) is 0.470. The van der Waals surface area contributed by atoms with Crippen LogP contribution in [0.5, 0.6) is 0 Å². The minimum Gasteiger partial charge on any atom is -0.315 e. The van der Waals surface area contributed by atoms with Crippen LogP contribution >= 0.6 is 12.4 Å². The molecule has 2 aliphatic rings. The molecule has 2 saturated heterocycles. The van der Waals surface area contributed by atoms with E-state index < -0.39 is 10.0 Å². The van der Waals surface area contributed by atoms with Gasteiger partial charge in [0.15, 0.2) is 0 Å². The van der Waals surface area contributed by atoms with Gasteiger partial charge in [0.1, 0.15) is 0 Å². The highest BCUT2D eigenvalue weighted by Gasteiger charge is 2.31. The van der Waals surface area contributed by atoms with Gasteiger partial charge in [-0.25, -0.2) is 8.42 Å². The lowest BCUT2D eigenvalue weighted by atomic mass is 10.2. The number of sulfonamides is 1. The van der Waals surface area contributed by atoms with Gasteiger partial charge in [-0.2, -0.15) is 9.57 Å². The molecule has 0 aliphatic carbocycles. The molecule has 1 aromatic rings. The lowest BCUT2D eigenvalue weighted by molar-refractivity contribution is 0.145. The van der Waals surface area contributed by atoms with E-state index in [1.165, 1.54) is 12.1 Å². The molecule has 2 heterocycles. The average Bonchev–Trinajstić information content (AvgIpc) is 3.09. The molecule has 8 heteroatoms. The largest absolute Gasteiger partial charge is 0.315 e. The molecule has 0 bridgehead atoms. The highest BCUT2D eigenvalue weighted by Crippen LogP contribution is 2.20. The molecule has 0 radical (unpaired) electrons. The van der Waals surface area contributed by atoms with Crippen LogP contribution in [0.15, 0.2) is 29.2 Å². The third-order valence-corrected chi connectivity index (χ3v) is 6.36. The zero-order chi connectivity index (χ0) is 15.6. The quantitative estimate of drug-likeness (QED) is 0.860. The zero-order valence-corrected chi connectivity index (χ0v) is 14.4. The summed E-state index contributed by atoms with van der Waals surface area (Å²) < 4.78 is 26.8. The highest BCUT2D eigenvalue weighted by atomic mass is 35.5. The molecule has 126 valence electrons. The number of nitriles is 1. The number of hydrogen-bond acceptors (Lipinski definition) is 5. The molecular formula is C15H21ClN4O2S. The summed E-state index contributed by atoms with van der Waals surface area (Å²) >= 11 is 0. The summed E-state index contributed by atoms with van der Waals surface area (Å²) in [7, 11) is -3.45. The summed E-state index contributed by atoms with van der Waals surface area (Å²) in [5.74, 6) is 0. The lowest BCUT2D eigenvalue weighted by Crippen LogP contribution is -2.52. The van der Waals surface area contributed by atoms with Gasteiger partial charge in [0.05, 0.1) is 16.5 Å². The molecule has 0 amide bonds. The summed E-state index contributed by atoms with van der Waals surface area (Å²) in [6.45, 7) is 4.66. The third kappa shape index (κ3) is 3.84. The van der Waals surface area contributed by atoms with Crippen LogP contribution in [-0.4, -0.2) is 62.9 Å². The standard InChI is InChI=1S/C15H20N4O2S.ClH/c16-11-13-1-3-15(4-2-13)22(20,21)19-9-7-18(8-10-19)14-5-6-17-12-14;/h1-4,14,17H,5-10,12H2;1H. The van der Waals surface area contributed by atoms with Crippen molar-refractivity contribution in [3.05, 3.63) is 29.8 Å². The van der Waals surface area contributed by atoms with Gasteiger partial charge in [0.2, 0.25) is 10.0 Å². The first kappa shape index (κ1) is 18.2. The Kier molecular flexibility index (Phi) is 6.00. The number of piperazine rings is 1. The average molecular weight is 357 g/mol. The maximum atomic E-state index is 12.6. The second kappa shape index (κ2) is 7.60. The minimum atomic E-state index is -3.45. The molecule has 3 rings (SSSR count). The van der Waals surface area contributed by atoms with Crippen LogP contribution in [-0.2, 0) is 10.0 Å². The second-order valence-corrected chi connectivity index (χ2v) is 7.66. The molecule has 0 spiro atoms. The smallest absolute Gasteiger partial charge is 0.243 e. The van der Waals surface area contributed by atoms with Gasteiger partial charge in [-0.15, -0.1) is 12.4 Å². The number of benzene rings is 1. The van der Waals surface area contributed by atoms with E-state index >= 15 is 0 Å². The van der Waals surface area contributed by atoms with Gasteiger partial charge in [0.25, 0.3) is 0 Å². The van der Waals surface area contributed by atoms with Crippen molar-refractivity contribution < 1.29 is 8.42 Å². The Morgan fingerprint density at radius 3 is 2.30 bits per heavy atom. The summed E-state index contributed by atoms with van der Waals surface area (Å²) in [6, 6.07) is 8.67. The zero-order valence-electron chi connectivity index (χ0n) is 12.8. The van der Waals surface area contributed by atoms with Crippen molar-refractivity contribution in [2.24, 2.45) is 0 Å². The Labute approximate surface area is 143 Å². The fourth-order valence-electron chi connectivity index (χ4n) is 3.11. The van der Waals surface area contributed by atoms with Crippen LogP contribution in [0.25, 0.3) is 0 Å². The van der Waals surface area contributed by atoms with Crippen molar-refractivity contribution in [3.8, 4) is 6.07 Å². The Balaban J connectivity index is 0.00000192. The van der Waals surface area contributed by atoms with Crippen molar-refractivity contribution >= 4 is 22.4 Å². The van der Waals surface area contributed by atoms with Crippen molar-refractivity contribution in [1.82, 2.24) is 14.5 Å². The van der Waals surface area contributed by atoms with Crippen LogP contribution in [0.1, 0.15) is 12.0 Å². The number of hydrogen-bond donors (Lipinski definition) is 1. The summed E-state index contributed by atoms with van der Waals surface area (Å²) in [4.78, 5) is 2.65. The van der Waals surface area contributed by atoms with Crippen LogP contribution in [0, 0.1) is 11.3 Å². The Morgan fingerprint density at radius 1 is 1.13 bits per heavy atom. The van der Waals surface area contributed by atoms with E-state index in [0.717, 1.165) is 32.6 Å². The second-order valence-electron chi connectivity index (χ2n) is 5.72. The predicted octanol–water partition coefficient (Wildman–Crippen LogP) is 0.648. The maximum absolute atomic E-state index is 12.6. The maximum Gasteiger partial charge on any atom is 0.243 e. The van der Waals surface area contributed by atoms with Gasteiger partial charge in [-0.3, -0.25) is 4.90 Å². The van der Waals surface area contributed by atoms with Crippen LogP contribution in [0.2, 0.25) is 0 Å². The van der Waals surface area contributed by atoms with Crippen molar-refractivity contribution in [3.63, 3.8) is 0 Å². The number of halogens is 1. The van der Waals surface area contributed by atoms with E-state index in [1.54, 1.807) is 16.4 Å². The van der Waals surface area contributed by atoms with Gasteiger partial charge < -0.3 is 5.32 Å². The monoisotopic (exact) mass is 356 g/mol. The van der Waals surface area contributed by atoms with E-state index in [9.17, 15) is 8.42 Å². The molecule has 0 saturated carbocycles. The Morgan fingerprint density at radius 2 is 1.78 bits per heavy atom. The van der Waals surface area contributed by atoms with Gasteiger partial charge >= 0.3 is 0 Å². The first-order valence-electron chi connectivity index (χ1n) is 7.56. The summed E-state index contributed by atoms with van der Waals surface area (Å²) in [5, 5.41) is 12.1. The normalized spacial score (nSPS) is 23.2. The first-order chi connectivity index (χ1) is 10.6.